The molecule has 0 aliphatic heterocycles. The van der Waals surface area contributed by atoms with Gasteiger partial charge in [-0.3, -0.25) is 10.1 Å². The van der Waals surface area contributed by atoms with Gasteiger partial charge in [-0.25, -0.2) is 4.79 Å². The lowest BCUT2D eigenvalue weighted by Gasteiger charge is -2.02. The highest BCUT2D eigenvalue weighted by Gasteiger charge is 2.12. The van der Waals surface area contributed by atoms with Gasteiger partial charge in [0.05, 0.1) is 11.5 Å². The molecule has 2 aromatic rings. The van der Waals surface area contributed by atoms with E-state index in [1.807, 2.05) is 6.92 Å². The molecule has 0 aliphatic rings. The van der Waals surface area contributed by atoms with E-state index in [4.69, 9.17) is 9.15 Å². The van der Waals surface area contributed by atoms with Crippen molar-refractivity contribution < 1.29 is 18.9 Å². The Hall–Kier alpha value is -2.89. The average molecular weight is 301 g/mol. The molecule has 2 rings (SSSR count). The number of non-ortho nitro benzene ring substituents is 1. The number of ether oxygens (including phenoxy) is 1. The fourth-order valence-electron chi connectivity index (χ4n) is 1.92. The molecule has 22 heavy (non-hydrogen) atoms. The minimum Gasteiger partial charge on any atom is -0.463 e. The summed E-state index contributed by atoms with van der Waals surface area (Å²) in [7, 11) is 0. The van der Waals surface area contributed by atoms with Gasteiger partial charge in [-0.15, -0.1) is 0 Å². The van der Waals surface area contributed by atoms with Gasteiger partial charge in [0.2, 0.25) is 0 Å². The second-order valence-corrected chi connectivity index (χ2v) is 4.54. The number of benzene rings is 1. The number of aryl methyl sites for hydroxylation is 1. The van der Waals surface area contributed by atoms with E-state index in [1.165, 1.54) is 24.3 Å². The van der Waals surface area contributed by atoms with Gasteiger partial charge in [-0.1, -0.05) is 6.07 Å². The number of nitro groups is 1. The molecule has 0 bridgehead atoms. The predicted molar refractivity (Wildman–Crippen MR) is 81.2 cm³/mol. The maximum atomic E-state index is 11.2. The first-order valence-corrected chi connectivity index (χ1v) is 6.71. The highest BCUT2D eigenvalue weighted by atomic mass is 16.6. The van der Waals surface area contributed by atoms with E-state index in [-0.39, 0.29) is 5.69 Å². The van der Waals surface area contributed by atoms with Gasteiger partial charge < -0.3 is 9.15 Å². The third-order valence-electron chi connectivity index (χ3n) is 2.99. The molecule has 0 saturated heterocycles. The minimum absolute atomic E-state index is 0.000570. The zero-order valence-electron chi connectivity index (χ0n) is 12.2. The number of esters is 1. The number of hydrogen-bond donors (Lipinski definition) is 0. The standard InChI is InChI=1S/C16H15NO5/c1-3-21-16(18)9-7-13-6-8-15(22-13)14-10-12(17(19)20)5-4-11(14)2/h4-10H,3H2,1-2H3. The molecule has 0 radical (unpaired) electrons. The zero-order valence-corrected chi connectivity index (χ0v) is 12.2. The average Bonchev–Trinajstić information content (AvgIpc) is 2.94. The molecule has 0 N–H and O–H groups in total. The van der Waals surface area contributed by atoms with Gasteiger partial charge in [0.1, 0.15) is 11.5 Å². The van der Waals surface area contributed by atoms with Gasteiger partial charge in [0.25, 0.3) is 5.69 Å². The normalized spacial score (nSPS) is 10.8. The van der Waals surface area contributed by atoms with E-state index in [9.17, 15) is 14.9 Å². The Kier molecular flexibility index (Phi) is 4.73. The molecule has 0 atom stereocenters. The van der Waals surface area contributed by atoms with Crippen molar-refractivity contribution in [1.29, 1.82) is 0 Å². The number of nitrogens with zero attached hydrogens (tertiary/aromatic N) is 1. The second-order valence-electron chi connectivity index (χ2n) is 4.54. The topological polar surface area (TPSA) is 82.6 Å². The monoisotopic (exact) mass is 301 g/mol. The SMILES string of the molecule is CCOC(=O)C=Cc1ccc(-c2cc([N+](=O)[O-])ccc2C)o1. The summed E-state index contributed by atoms with van der Waals surface area (Å²) in [4.78, 5) is 21.6. The van der Waals surface area contributed by atoms with Crippen LogP contribution in [0.25, 0.3) is 17.4 Å². The molecule has 6 heteroatoms. The first-order valence-electron chi connectivity index (χ1n) is 6.71. The van der Waals surface area contributed by atoms with E-state index in [2.05, 4.69) is 0 Å². The van der Waals surface area contributed by atoms with E-state index in [0.29, 0.717) is 23.7 Å². The number of carbonyl (C=O) groups excluding carboxylic acids is 1. The van der Waals surface area contributed by atoms with Gasteiger partial charge >= 0.3 is 5.97 Å². The van der Waals surface area contributed by atoms with Gasteiger partial charge in [0, 0.05) is 23.8 Å². The number of carbonyl (C=O) groups is 1. The van der Waals surface area contributed by atoms with E-state index >= 15 is 0 Å². The summed E-state index contributed by atoms with van der Waals surface area (Å²) in [6.45, 7) is 3.87. The Morgan fingerprint density at radius 2 is 2.14 bits per heavy atom. The highest BCUT2D eigenvalue weighted by Crippen LogP contribution is 2.29. The van der Waals surface area contributed by atoms with Crippen LogP contribution in [0.1, 0.15) is 18.2 Å². The second kappa shape index (κ2) is 6.71. The van der Waals surface area contributed by atoms with Gasteiger partial charge in [0.15, 0.2) is 0 Å². The van der Waals surface area contributed by atoms with Crippen LogP contribution in [0, 0.1) is 17.0 Å². The molecule has 0 spiro atoms. The Bertz CT molecular complexity index is 730. The predicted octanol–water partition coefficient (Wildman–Crippen LogP) is 3.74. The van der Waals surface area contributed by atoms with Crippen molar-refractivity contribution in [2.75, 3.05) is 6.61 Å². The molecule has 114 valence electrons. The Balaban J connectivity index is 2.26. The van der Waals surface area contributed by atoms with Crippen LogP contribution < -0.4 is 0 Å². The molecule has 6 nitrogen and oxygen atoms in total. The molecule has 1 heterocycles. The number of hydrogen-bond acceptors (Lipinski definition) is 5. The van der Waals surface area contributed by atoms with E-state index in [0.717, 1.165) is 5.56 Å². The van der Waals surface area contributed by atoms with Crippen LogP contribution >= 0.6 is 0 Å². The van der Waals surface area contributed by atoms with Crippen LogP contribution in [-0.2, 0) is 9.53 Å². The first kappa shape index (κ1) is 15.5. The lowest BCUT2D eigenvalue weighted by Crippen LogP contribution is -1.98. The van der Waals surface area contributed by atoms with Crippen LogP contribution in [-0.4, -0.2) is 17.5 Å². The molecule has 0 unspecified atom stereocenters. The summed E-state index contributed by atoms with van der Waals surface area (Å²) in [6, 6.07) is 7.97. The maximum absolute atomic E-state index is 11.2. The molecule has 0 aliphatic carbocycles. The van der Waals surface area contributed by atoms with Crippen LogP contribution in [0.15, 0.2) is 40.8 Å². The molecule has 1 aromatic carbocycles. The molecule has 0 fully saturated rings. The number of nitro benzene ring substituents is 1. The quantitative estimate of drug-likeness (QED) is 0.363. The summed E-state index contributed by atoms with van der Waals surface area (Å²) in [6.07, 6.45) is 2.76. The maximum Gasteiger partial charge on any atom is 0.330 e. The van der Waals surface area contributed by atoms with E-state index < -0.39 is 10.9 Å². The zero-order chi connectivity index (χ0) is 16.1. The Morgan fingerprint density at radius 3 is 2.82 bits per heavy atom. The van der Waals surface area contributed by atoms with Crippen LogP contribution in [0.5, 0.6) is 0 Å². The fraction of sp³-hybridized carbons (Fsp3) is 0.188. The Morgan fingerprint density at radius 1 is 1.36 bits per heavy atom. The summed E-state index contributed by atoms with van der Waals surface area (Å²) in [5.74, 6) is 0.519. The van der Waals surface area contributed by atoms with Crippen molar-refractivity contribution in [2.24, 2.45) is 0 Å². The molecule has 0 amide bonds. The minimum atomic E-state index is -0.452. The van der Waals surface area contributed by atoms with Crippen molar-refractivity contribution in [1.82, 2.24) is 0 Å². The molecule has 1 aromatic heterocycles. The first-order chi connectivity index (χ1) is 10.5. The van der Waals surface area contributed by atoms with Crippen molar-refractivity contribution in [2.45, 2.75) is 13.8 Å². The largest absolute Gasteiger partial charge is 0.463 e. The van der Waals surface area contributed by atoms with Crippen molar-refractivity contribution in [3.05, 3.63) is 57.8 Å². The van der Waals surface area contributed by atoms with Crippen molar-refractivity contribution in [3.8, 4) is 11.3 Å². The lowest BCUT2D eigenvalue weighted by molar-refractivity contribution is -0.384. The van der Waals surface area contributed by atoms with Crippen molar-refractivity contribution in [3.63, 3.8) is 0 Å². The molecular weight excluding hydrogens is 286 g/mol. The van der Waals surface area contributed by atoms with Crippen LogP contribution in [0.4, 0.5) is 5.69 Å². The van der Waals surface area contributed by atoms with Crippen molar-refractivity contribution >= 4 is 17.7 Å². The number of furan rings is 1. The highest BCUT2D eigenvalue weighted by molar-refractivity contribution is 5.86. The van der Waals surface area contributed by atoms with Gasteiger partial charge in [-0.05, 0) is 37.6 Å². The smallest absolute Gasteiger partial charge is 0.330 e. The fourth-order valence-corrected chi connectivity index (χ4v) is 1.92. The summed E-state index contributed by atoms with van der Waals surface area (Å²) in [5.41, 5.74) is 1.51. The lowest BCUT2D eigenvalue weighted by atomic mass is 10.1. The van der Waals surface area contributed by atoms with Crippen LogP contribution in [0.3, 0.4) is 0 Å². The summed E-state index contributed by atoms with van der Waals surface area (Å²) >= 11 is 0. The van der Waals surface area contributed by atoms with Crippen LogP contribution in [0.2, 0.25) is 0 Å². The molecule has 0 saturated carbocycles. The van der Waals surface area contributed by atoms with E-state index in [1.54, 1.807) is 25.1 Å². The summed E-state index contributed by atoms with van der Waals surface area (Å²) < 4.78 is 10.4. The Labute approximate surface area is 127 Å². The third kappa shape index (κ3) is 3.60. The summed E-state index contributed by atoms with van der Waals surface area (Å²) in [5, 5.41) is 10.9. The number of rotatable bonds is 5. The third-order valence-corrected chi connectivity index (χ3v) is 2.99. The van der Waals surface area contributed by atoms with Gasteiger partial charge in [-0.2, -0.15) is 0 Å². The molecular formula is C16H15NO5.